The Bertz CT molecular complexity index is 1990. The predicted octanol–water partition coefficient (Wildman–Crippen LogP) is 7.33. The zero-order valence-corrected chi connectivity index (χ0v) is 33.0. The normalized spacial score (nSPS) is 14.8. The van der Waals surface area contributed by atoms with E-state index in [0.717, 1.165) is 93.0 Å². The van der Waals surface area contributed by atoms with Crippen LogP contribution in [0.4, 0.5) is 28.4 Å². The summed E-state index contributed by atoms with van der Waals surface area (Å²) in [6.45, 7) is 0.453. The third-order valence-corrected chi connectivity index (χ3v) is 12.5. The molecular formula is C41H41N2NaO5S2. The van der Waals surface area contributed by atoms with Crippen molar-refractivity contribution in [3.05, 3.63) is 115 Å². The van der Waals surface area contributed by atoms with Crippen LogP contribution in [0.2, 0.25) is 0 Å². The molecule has 5 aromatic rings. The van der Waals surface area contributed by atoms with Crippen molar-refractivity contribution in [1.29, 1.82) is 0 Å². The molecule has 1 fully saturated rings. The van der Waals surface area contributed by atoms with Gasteiger partial charge in [-0.15, -0.1) is 0 Å². The van der Waals surface area contributed by atoms with Crippen LogP contribution in [0, 0.1) is 5.92 Å². The second kappa shape index (κ2) is 16.5. The van der Waals surface area contributed by atoms with Crippen molar-refractivity contribution in [3.8, 4) is 22.6 Å². The molecule has 1 unspecified atom stereocenters. The SMILES string of the molecule is COc1ccc(N(c2ccc(OC)cc2)c2ccc(-c3cccc4c3Sc3ccccc3N4CCC(C3CCCCC3)S(=O)(=O)[O-])cc2)cc1.[Na+]. The summed E-state index contributed by atoms with van der Waals surface area (Å²) in [4.78, 5) is 6.63. The first kappa shape index (κ1) is 37.3. The van der Waals surface area contributed by atoms with Crippen LogP contribution < -0.4 is 48.8 Å². The van der Waals surface area contributed by atoms with Gasteiger partial charge >= 0.3 is 29.6 Å². The first-order valence-corrected chi connectivity index (χ1v) is 19.4. The zero-order valence-electron chi connectivity index (χ0n) is 29.3. The minimum Gasteiger partial charge on any atom is -0.748 e. The van der Waals surface area contributed by atoms with Crippen LogP contribution in [0.1, 0.15) is 38.5 Å². The van der Waals surface area contributed by atoms with Gasteiger partial charge < -0.3 is 23.8 Å². The summed E-state index contributed by atoms with van der Waals surface area (Å²) < 4.78 is 48.5. The number of hydrogen-bond donors (Lipinski definition) is 0. The second-order valence-corrected chi connectivity index (χ2v) is 15.5. The van der Waals surface area contributed by atoms with Gasteiger partial charge in [-0.1, -0.05) is 67.4 Å². The first-order valence-electron chi connectivity index (χ1n) is 17.1. The summed E-state index contributed by atoms with van der Waals surface area (Å²) in [6, 6.07) is 39.2. The van der Waals surface area contributed by atoms with Crippen LogP contribution in [-0.4, -0.2) is 39.0 Å². The number of nitrogens with zero attached hydrogens (tertiary/aromatic N) is 2. The largest absolute Gasteiger partial charge is 1.00 e. The molecule has 7 nitrogen and oxygen atoms in total. The molecule has 0 bridgehead atoms. The van der Waals surface area contributed by atoms with Gasteiger partial charge in [-0.3, -0.25) is 0 Å². The number of anilines is 5. The van der Waals surface area contributed by atoms with Crippen molar-refractivity contribution in [2.75, 3.05) is 30.6 Å². The number of fused-ring (bicyclic) bond motifs is 2. The van der Waals surface area contributed by atoms with E-state index in [1.807, 2.05) is 60.7 Å². The average Bonchev–Trinajstić information content (AvgIpc) is 3.15. The van der Waals surface area contributed by atoms with Crippen LogP contribution in [0.25, 0.3) is 11.1 Å². The summed E-state index contributed by atoms with van der Waals surface area (Å²) in [5.41, 5.74) is 7.23. The molecule has 1 aliphatic carbocycles. The molecule has 1 aliphatic heterocycles. The standard InChI is InChI=1S/C41H42N2O5S2.Na/c1-47-34-23-19-32(20-24-34)43(33-21-25-35(48-2)26-22-33)31-17-15-29(16-18-31)36-11-8-13-38-41(36)49-39-14-7-6-12-37(39)42(38)28-27-40(50(44,45)46)30-9-4-3-5-10-30;/h6-8,11-26,30,40H,3-5,9-10,27-28H2,1-2H3,(H,44,45,46);/q;+1/p-1. The number of para-hydroxylation sites is 1. The third kappa shape index (κ3) is 8.14. The molecule has 0 saturated heterocycles. The molecule has 0 amide bonds. The van der Waals surface area contributed by atoms with Crippen LogP contribution in [0.3, 0.4) is 0 Å². The Labute approximate surface area is 328 Å². The van der Waals surface area contributed by atoms with E-state index in [4.69, 9.17) is 9.47 Å². The maximum Gasteiger partial charge on any atom is 1.00 e. The van der Waals surface area contributed by atoms with Gasteiger partial charge in [-0.25, -0.2) is 8.42 Å². The number of hydrogen-bond acceptors (Lipinski definition) is 8. The molecule has 258 valence electrons. The number of benzene rings is 5. The monoisotopic (exact) mass is 728 g/mol. The van der Waals surface area contributed by atoms with Gasteiger partial charge in [-0.05, 0) is 115 Å². The Morgan fingerprint density at radius 3 is 1.86 bits per heavy atom. The minimum atomic E-state index is -4.43. The molecule has 1 saturated carbocycles. The fourth-order valence-electron chi connectivity index (χ4n) is 7.40. The third-order valence-electron chi connectivity index (χ3n) is 9.93. The molecule has 2 aliphatic rings. The van der Waals surface area contributed by atoms with Crippen molar-refractivity contribution >= 4 is 50.3 Å². The summed E-state index contributed by atoms with van der Waals surface area (Å²) in [7, 11) is -1.10. The topological polar surface area (TPSA) is 82.1 Å². The van der Waals surface area contributed by atoms with Gasteiger partial charge in [0.15, 0.2) is 0 Å². The Morgan fingerprint density at radius 1 is 0.745 bits per heavy atom. The fraction of sp³-hybridized carbons (Fsp3) is 0.268. The van der Waals surface area contributed by atoms with Crippen LogP contribution in [-0.2, 0) is 10.1 Å². The Kier molecular flexibility index (Phi) is 12.1. The van der Waals surface area contributed by atoms with Crippen molar-refractivity contribution < 1.29 is 52.0 Å². The van der Waals surface area contributed by atoms with Gasteiger partial charge in [0.1, 0.15) is 11.5 Å². The average molecular weight is 729 g/mol. The Hall–Kier alpha value is -3.44. The summed E-state index contributed by atoms with van der Waals surface area (Å²) in [5, 5.41) is -0.872. The Balaban J connectivity index is 0.00000448. The quantitative estimate of drug-likeness (QED) is 0.103. The van der Waals surface area contributed by atoms with E-state index in [1.54, 1.807) is 26.0 Å². The zero-order chi connectivity index (χ0) is 34.7. The molecule has 10 heteroatoms. The summed E-state index contributed by atoms with van der Waals surface area (Å²) >= 11 is 1.73. The molecule has 1 heterocycles. The molecule has 5 aromatic carbocycles. The molecular weight excluding hydrogens is 688 g/mol. The van der Waals surface area contributed by atoms with Crippen molar-refractivity contribution in [3.63, 3.8) is 0 Å². The van der Waals surface area contributed by atoms with E-state index in [9.17, 15) is 13.0 Å². The summed E-state index contributed by atoms with van der Waals surface area (Å²) in [5.74, 6) is 1.51. The maximum absolute atomic E-state index is 12.6. The van der Waals surface area contributed by atoms with Crippen molar-refractivity contribution in [2.24, 2.45) is 5.92 Å². The van der Waals surface area contributed by atoms with E-state index < -0.39 is 15.4 Å². The number of methoxy groups -OCH3 is 2. The van der Waals surface area contributed by atoms with Gasteiger partial charge in [0.25, 0.3) is 0 Å². The van der Waals surface area contributed by atoms with Gasteiger partial charge in [0.05, 0.1) is 41.0 Å². The molecule has 0 N–H and O–H groups in total. The maximum atomic E-state index is 12.6. The van der Waals surface area contributed by atoms with Gasteiger partial charge in [0.2, 0.25) is 0 Å². The molecule has 0 spiro atoms. The molecule has 51 heavy (non-hydrogen) atoms. The smallest absolute Gasteiger partial charge is 0.748 e. The predicted molar refractivity (Wildman–Crippen MR) is 202 cm³/mol. The first-order chi connectivity index (χ1) is 24.3. The second-order valence-electron chi connectivity index (χ2n) is 12.9. The molecule has 0 aromatic heterocycles. The van der Waals surface area contributed by atoms with Crippen molar-refractivity contribution in [2.45, 2.75) is 53.6 Å². The van der Waals surface area contributed by atoms with E-state index in [2.05, 4.69) is 64.4 Å². The van der Waals surface area contributed by atoms with E-state index in [0.29, 0.717) is 13.0 Å². The molecule has 0 radical (unpaired) electrons. The number of ether oxygens (including phenoxy) is 2. The van der Waals surface area contributed by atoms with Crippen molar-refractivity contribution in [1.82, 2.24) is 0 Å². The summed E-state index contributed by atoms with van der Waals surface area (Å²) in [6.07, 6.45) is 5.01. The van der Waals surface area contributed by atoms with Crippen LogP contribution in [0.5, 0.6) is 11.5 Å². The van der Waals surface area contributed by atoms with Gasteiger partial charge in [-0.2, -0.15) is 0 Å². The van der Waals surface area contributed by atoms with E-state index in [1.165, 1.54) is 0 Å². The van der Waals surface area contributed by atoms with Gasteiger partial charge in [0, 0.05) is 33.4 Å². The fourth-order valence-corrected chi connectivity index (χ4v) is 9.76. The molecule has 1 atom stereocenters. The van der Waals surface area contributed by atoms with Crippen LogP contribution in [0.15, 0.2) is 125 Å². The van der Waals surface area contributed by atoms with Crippen LogP contribution >= 0.6 is 11.8 Å². The number of rotatable bonds is 11. The Morgan fingerprint density at radius 2 is 1.29 bits per heavy atom. The van der Waals surface area contributed by atoms with E-state index >= 15 is 0 Å². The minimum absolute atomic E-state index is 0. The van der Waals surface area contributed by atoms with E-state index in [-0.39, 0.29) is 35.5 Å². The molecule has 7 rings (SSSR count).